The Labute approximate surface area is 146 Å². The summed E-state index contributed by atoms with van der Waals surface area (Å²) in [5.41, 5.74) is -1.59. The summed E-state index contributed by atoms with van der Waals surface area (Å²) in [5.74, 6) is 0.400. The minimum absolute atomic E-state index is 0.0186. The van der Waals surface area contributed by atoms with Gasteiger partial charge in [0.2, 0.25) is 0 Å². The summed E-state index contributed by atoms with van der Waals surface area (Å²) in [6.07, 6.45) is -2.86. The lowest BCUT2D eigenvalue weighted by atomic mass is 10.1. The number of nitrogens with zero attached hydrogens (tertiary/aromatic N) is 7. The number of rotatable bonds is 5. The highest BCUT2D eigenvalue weighted by molar-refractivity contribution is 5.79. The highest BCUT2D eigenvalue weighted by atomic mass is 19.4. The van der Waals surface area contributed by atoms with E-state index in [9.17, 15) is 18.0 Å². The number of aromatic nitrogens is 7. The Morgan fingerprint density at radius 3 is 2.65 bits per heavy atom. The number of pyridine rings is 1. The molecule has 0 aliphatic rings. The lowest BCUT2D eigenvalue weighted by Crippen LogP contribution is -2.25. The first-order valence-electron chi connectivity index (χ1n) is 8.13. The first kappa shape index (κ1) is 18.1. The van der Waals surface area contributed by atoms with Crippen molar-refractivity contribution in [2.45, 2.75) is 46.0 Å². The van der Waals surface area contributed by atoms with Crippen LogP contribution in [0, 0.1) is 6.92 Å². The fourth-order valence-corrected chi connectivity index (χ4v) is 2.83. The highest BCUT2D eigenvalue weighted by Gasteiger charge is 2.36. The molecule has 140 valence electrons. The summed E-state index contributed by atoms with van der Waals surface area (Å²) in [6, 6.07) is 0.888. The van der Waals surface area contributed by atoms with Gasteiger partial charge in [0, 0.05) is 19.3 Å². The number of unbranched alkanes of at least 4 members (excludes halogenated alkanes) is 1. The van der Waals surface area contributed by atoms with E-state index in [4.69, 9.17) is 0 Å². The molecule has 0 atom stereocenters. The van der Waals surface area contributed by atoms with Crippen molar-refractivity contribution in [3.8, 4) is 0 Å². The van der Waals surface area contributed by atoms with Gasteiger partial charge in [-0.25, -0.2) is 14.3 Å². The fourth-order valence-electron chi connectivity index (χ4n) is 2.83. The van der Waals surface area contributed by atoms with Crippen LogP contribution in [0.25, 0.3) is 11.0 Å². The van der Waals surface area contributed by atoms with Crippen LogP contribution in [0.15, 0.2) is 10.9 Å². The van der Waals surface area contributed by atoms with Crippen LogP contribution >= 0.6 is 0 Å². The number of aryl methyl sites for hydroxylation is 3. The quantitative estimate of drug-likeness (QED) is 0.686. The van der Waals surface area contributed by atoms with Gasteiger partial charge >= 0.3 is 6.18 Å². The van der Waals surface area contributed by atoms with Gasteiger partial charge in [0.25, 0.3) is 5.56 Å². The highest BCUT2D eigenvalue weighted by Crippen LogP contribution is 2.33. The molecule has 0 saturated heterocycles. The minimum Gasteiger partial charge on any atom is -0.267 e. The SMILES string of the molecule is CCCCn1nnnc1Cn1c(=O)c2c(C(F)(F)F)cc(C)nc2n1C. The van der Waals surface area contributed by atoms with E-state index in [2.05, 4.69) is 20.5 Å². The van der Waals surface area contributed by atoms with E-state index in [1.54, 1.807) is 4.68 Å². The maximum atomic E-state index is 13.4. The molecule has 0 bridgehead atoms. The summed E-state index contributed by atoms with van der Waals surface area (Å²) >= 11 is 0. The Morgan fingerprint density at radius 1 is 1.27 bits per heavy atom. The van der Waals surface area contributed by atoms with Crippen LogP contribution in [0.2, 0.25) is 0 Å². The average Bonchev–Trinajstić information content (AvgIpc) is 3.10. The Kier molecular flexibility index (Phi) is 4.55. The molecule has 0 unspecified atom stereocenters. The zero-order valence-corrected chi connectivity index (χ0v) is 14.6. The second-order valence-corrected chi connectivity index (χ2v) is 6.07. The van der Waals surface area contributed by atoms with Gasteiger partial charge in [-0.1, -0.05) is 13.3 Å². The predicted molar refractivity (Wildman–Crippen MR) is 86.5 cm³/mol. The van der Waals surface area contributed by atoms with Crippen LogP contribution in [0.4, 0.5) is 13.2 Å². The normalized spacial score (nSPS) is 12.2. The first-order valence-corrected chi connectivity index (χ1v) is 8.13. The third-order valence-electron chi connectivity index (χ3n) is 4.17. The van der Waals surface area contributed by atoms with E-state index < -0.39 is 22.7 Å². The zero-order valence-electron chi connectivity index (χ0n) is 14.6. The summed E-state index contributed by atoms with van der Waals surface area (Å²) in [4.78, 5) is 16.8. The summed E-state index contributed by atoms with van der Waals surface area (Å²) in [6.45, 7) is 4.01. The van der Waals surface area contributed by atoms with Crippen molar-refractivity contribution in [3.63, 3.8) is 0 Å². The number of fused-ring (bicyclic) bond motifs is 1. The van der Waals surface area contributed by atoms with Gasteiger partial charge in [-0.2, -0.15) is 13.2 Å². The molecule has 26 heavy (non-hydrogen) atoms. The van der Waals surface area contributed by atoms with Gasteiger partial charge in [0.05, 0.1) is 10.9 Å². The summed E-state index contributed by atoms with van der Waals surface area (Å²) in [7, 11) is 1.50. The van der Waals surface area contributed by atoms with Crippen molar-refractivity contribution in [1.82, 2.24) is 34.6 Å². The molecule has 0 fully saturated rings. The van der Waals surface area contributed by atoms with Gasteiger partial charge in [-0.3, -0.25) is 9.48 Å². The van der Waals surface area contributed by atoms with Gasteiger partial charge < -0.3 is 0 Å². The van der Waals surface area contributed by atoms with Gasteiger partial charge in [0.15, 0.2) is 11.5 Å². The molecular formula is C15H18F3N7O. The predicted octanol–water partition coefficient (Wildman–Crippen LogP) is 1.90. The smallest absolute Gasteiger partial charge is 0.267 e. The van der Waals surface area contributed by atoms with E-state index >= 15 is 0 Å². The Hall–Kier alpha value is -2.72. The van der Waals surface area contributed by atoms with Crippen molar-refractivity contribution in [1.29, 1.82) is 0 Å². The van der Waals surface area contributed by atoms with E-state index in [0.717, 1.165) is 18.9 Å². The van der Waals surface area contributed by atoms with E-state index in [1.807, 2.05) is 6.92 Å². The molecule has 0 aliphatic carbocycles. The number of hydrogen-bond acceptors (Lipinski definition) is 5. The lowest BCUT2D eigenvalue weighted by Gasteiger charge is -2.08. The summed E-state index contributed by atoms with van der Waals surface area (Å²) in [5, 5.41) is 10.9. The van der Waals surface area contributed by atoms with Gasteiger partial charge in [-0.15, -0.1) is 5.10 Å². The molecule has 0 saturated carbocycles. The third kappa shape index (κ3) is 3.08. The maximum absolute atomic E-state index is 13.4. The molecule has 0 aromatic carbocycles. The molecule has 3 heterocycles. The zero-order chi connectivity index (χ0) is 19.1. The third-order valence-corrected chi connectivity index (χ3v) is 4.17. The standard InChI is InChI=1S/C15H18F3N7O/c1-4-5-6-24-11(20-21-22-24)8-25-14(26)12-10(15(16,17)18)7-9(2)19-13(12)23(25)3/h7H,4-6,8H2,1-3H3. The van der Waals surface area contributed by atoms with Crippen LogP contribution in [-0.4, -0.2) is 34.6 Å². The van der Waals surface area contributed by atoms with Crippen molar-refractivity contribution in [2.24, 2.45) is 7.05 Å². The van der Waals surface area contributed by atoms with Crippen molar-refractivity contribution in [3.05, 3.63) is 33.5 Å². The van der Waals surface area contributed by atoms with E-state index in [-0.39, 0.29) is 17.9 Å². The monoisotopic (exact) mass is 369 g/mol. The first-order chi connectivity index (χ1) is 12.2. The van der Waals surface area contributed by atoms with E-state index in [1.165, 1.54) is 23.3 Å². The Balaban J connectivity index is 2.14. The molecule has 3 aromatic heterocycles. The average molecular weight is 369 g/mol. The molecule has 11 heteroatoms. The number of halogens is 3. The molecule has 0 aliphatic heterocycles. The molecule has 8 nitrogen and oxygen atoms in total. The molecular weight excluding hydrogens is 351 g/mol. The van der Waals surface area contributed by atoms with Crippen LogP contribution in [-0.2, 0) is 26.3 Å². The van der Waals surface area contributed by atoms with Crippen LogP contribution in [0.3, 0.4) is 0 Å². The molecule has 3 rings (SSSR count). The topological polar surface area (TPSA) is 83.4 Å². The second kappa shape index (κ2) is 6.54. The van der Waals surface area contributed by atoms with Crippen LogP contribution in [0.1, 0.15) is 36.8 Å². The lowest BCUT2D eigenvalue weighted by molar-refractivity contribution is -0.136. The molecule has 0 N–H and O–H groups in total. The second-order valence-electron chi connectivity index (χ2n) is 6.07. The number of tetrazole rings is 1. The van der Waals surface area contributed by atoms with Gasteiger partial charge in [0.1, 0.15) is 6.54 Å². The number of alkyl halides is 3. The minimum atomic E-state index is -4.65. The number of hydrogen-bond donors (Lipinski definition) is 0. The molecule has 3 aromatic rings. The molecule has 0 radical (unpaired) electrons. The van der Waals surface area contributed by atoms with Crippen molar-refractivity contribution >= 4 is 11.0 Å². The van der Waals surface area contributed by atoms with Crippen LogP contribution in [0.5, 0.6) is 0 Å². The Morgan fingerprint density at radius 2 is 2.00 bits per heavy atom. The molecule has 0 amide bonds. The molecule has 0 spiro atoms. The van der Waals surface area contributed by atoms with Gasteiger partial charge in [-0.05, 0) is 29.8 Å². The van der Waals surface area contributed by atoms with Crippen molar-refractivity contribution in [2.75, 3.05) is 0 Å². The maximum Gasteiger partial charge on any atom is 0.417 e. The van der Waals surface area contributed by atoms with Crippen molar-refractivity contribution < 1.29 is 13.2 Å². The Bertz CT molecular complexity index is 999. The van der Waals surface area contributed by atoms with E-state index in [0.29, 0.717) is 12.4 Å². The largest absolute Gasteiger partial charge is 0.417 e. The van der Waals surface area contributed by atoms with Crippen LogP contribution < -0.4 is 5.56 Å². The fraction of sp³-hybridized carbons (Fsp3) is 0.533. The summed E-state index contributed by atoms with van der Waals surface area (Å²) < 4.78 is 44.2.